The van der Waals surface area contributed by atoms with E-state index in [-0.39, 0.29) is 5.91 Å². The number of amides is 1. The maximum atomic E-state index is 12.7. The summed E-state index contributed by atoms with van der Waals surface area (Å²) in [6, 6.07) is 15.0. The normalized spacial score (nSPS) is 15.0. The van der Waals surface area contributed by atoms with Crippen LogP contribution in [0.15, 0.2) is 48.5 Å². The Balaban J connectivity index is 1.86. The van der Waals surface area contributed by atoms with Gasteiger partial charge in [0.05, 0.1) is 17.1 Å². The van der Waals surface area contributed by atoms with Crippen molar-refractivity contribution in [3.63, 3.8) is 0 Å². The average Bonchev–Trinajstić information content (AvgIpc) is 3.05. The minimum absolute atomic E-state index is 0.0582. The van der Waals surface area contributed by atoms with Crippen molar-refractivity contribution in [2.24, 2.45) is 0 Å². The maximum absolute atomic E-state index is 12.7. The van der Waals surface area contributed by atoms with E-state index in [2.05, 4.69) is 5.10 Å². The van der Waals surface area contributed by atoms with Crippen molar-refractivity contribution in [2.75, 3.05) is 11.9 Å². The summed E-state index contributed by atoms with van der Waals surface area (Å²) >= 11 is 12.7. The second-order valence-corrected chi connectivity index (χ2v) is 6.92. The van der Waals surface area contributed by atoms with Crippen molar-refractivity contribution < 1.29 is 4.79 Å². The lowest BCUT2D eigenvalue weighted by molar-refractivity contribution is -0.112. The van der Waals surface area contributed by atoms with Gasteiger partial charge in [0.25, 0.3) is 5.91 Å². The Kier molecular flexibility index (Phi) is 4.10. The number of carbonyl (C=O) groups excluding carboxylic acids is 1. The van der Waals surface area contributed by atoms with E-state index in [0.717, 1.165) is 28.2 Å². The van der Waals surface area contributed by atoms with E-state index in [9.17, 15) is 4.79 Å². The van der Waals surface area contributed by atoms with E-state index >= 15 is 0 Å². The van der Waals surface area contributed by atoms with Gasteiger partial charge in [-0.3, -0.25) is 4.79 Å². The van der Waals surface area contributed by atoms with Crippen LogP contribution in [0.3, 0.4) is 0 Å². The van der Waals surface area contributed by atoms with Crippen LogP contribution < -0.4 is 4.90 Å². The number of aryl methyl sites for hydroxylation is 1. The van der Waals surface area contributed by atoms with E-state index in [0.29, 0.717) is 15.7 Å². The highest BCUT2D eigenvalue weighted by Gasteiger charge is 2.30. The number of para-hydroxylation sites is 1. The molecule has 0 spiro atoms. The topological polar surface area (TPSA) is 38.1 Å². The average molecular weight is 384 g/mol. The first-order chi connectivity index (χ1) is 12.5. The molecule has 26 heavy (non-hydrogen) atoms. The van der Waals surface area contributed by atoms with Gasteiger partial charge < -0.3 is 4.90 Å². The Bertz CT molecular complexity index is 1070. The molecule has 0 radical (unpaired) electrons. The smallest absolute Gasteiger partial charge is 0.258 e. The van der Waals surface area contributed by atoms with Gasteiger partial charge in [-0.1, -0.05) is 47.5 Å². The largest absolute Gasteiger partial charge is 0.311 e. The summed E-state index contributed by atoms with van der Waals surface area (Å²) in [6.45, 7) is 1.87. The van der Waals surface area contributed by atoms with Crippen LogP contribution in [0.25, 0.3) is 17.3 Å². The van der Waals surface area contributed by atoms with Crippen LogP contribution in [-0.2, 0) is 4.79 Å². The Morgan fingerprint density at radius 3 is 2.62 bits per heavy atom. The van der Waals surface area contributed by atoms with E-state index in [1.165, 1.54) is 0 Å². The number of benzene rings is 2. The molecule has 0 saturated carbocycles. The molecule has 3 aromatic rings. The quantitative estimate of drug-likeness (QED) is 0.583. The number of hydrogen-bond acceptors (Lipinski definition) is 2. The number of rotatable bonds is 2. The molecule has 0 unspecified atom stereocenters. The van der Waals surface area contributed by atoms with Crippen molar-refractivity contribution in [3.8, 4) is 5.69 Å². The van der Waals surface area contributed by atoms with E-state index in [1.807, 2.05) is 49.4 Å². The van der Waals surface area contributed by atoms with Crippen molar-refractivity contribution in [2.45, 2.75) is 6.92 Å². The summed E-state index contributed by atoms with van der Waals surface area (Å²) in [5.74, 6) is -0.0582. The molecule has 1 aliphatic rings. The Morgan fingerprint density at radius 2 is 1.85 bits per heavy atom. The Labute approximate surface area is 161 Å². The molecular weight excluding hydrogens is 369 g/mol. The maximum Gasteiger partial charge on any atom is 0.258 e. The first-order valence-corrected chi connectivity index (χ1v) is 8.83. The molecule has 0 atom stereocenters. The number of likely N-dealkylation sites (N-methyl/N-ethyl adjacent to an activating group) is 1. The fourth-order valence-corrected chi connectivity index (χ4v) is 3.65. The third-order valence-electron chi connectivity index (χ3n) is 4.48. The van der Waals surface area contributed by atoms with E-state index in [4.69, 9.17) is 23.2 Å². The number of nitrogens with zero attached hydrogens (tertiary/aromatic N) is 3. The summed E-state index contributed by atoms with van der Waals surface area (Å²) in [5, 5.41) is 5.57. The van der Waals surface area contributed by atoms with Gasteiger partial charge in [0.1, 0.15) is 5.15 Å². The zero-order valence-corrected chi connectivity index (χ0v) is 15.7. The number of carbonyl (C=O) groups is 1. The lowest BCUT2D eigenvalue weighted by Gasteiger charge is -2.07. The summed E-state index contributed by atoms with van der Waals surface area (Å²) in [6.07, 6.45) is 1.82. The standard InChI is InChI=1S/C20H15Cl2N3O/c1-12-16(19(22)25(23-12)14-7-5-6-13(21)10-14)11-17-15-8-3-4-9-18(15)24(2)20(17)26/h3-11H,1-2H3. The molecule has 0 saturated heterocycles. The van der Waals surface area contributed by atoms with Gasteiger partial charge in [0, 0.05) is 28.8 Å². The first kappa shape index (κ1) is 16.9. The molecule has 0 bridgehead atoms. The number of halogens is 2. The van der Waals surface area contributed by atoms with Crippen LogP contribution >= 0.6 is 23.2 Å². The van der Waals surface area contributed by atoms with Crippen LogP contribution in [0.2, 0.25) is 10.2 Å². The van der Waals surface area contributed by atoms with Crippen LogP contribution in [0.4, 0.5) is 5.69 Å². The molecule has 6 heteroatoms. The van der Waals surface area contributed by atoms with Crippen molar-refractivity contribution in [3.05, 3.63) is 75.5 Å². The summed E-state index contributed by atoms with van der Waals surface area (Å²) in [5.41, 5.74) is 4.62. The number of aromatic nitrogens is 2. The first-order valence-electron chi connectivity index (χ1n) is 8.07. The summed E-state index contributed by atoms with van der Waals surface area (Å²) < 4.78 is 1.63. The van der Waals surface area contributed by atoms with Crippen LogP contribution in [-0.4, -0.2) is 22.7 Å². The molecule has 4 rings (SSSR count). The molecule has 130 valence electrons. The monoisotopic (exact) mass is 383 g/mol. The minimum Gasteiger partial charge on any atom is -0.311 e. The van der Waals surface area contributed by atoms with Crippen molar-refractivity contribution in [1.29, 1.82) is 0 Å². The van der Waals surface area contributed by atoms with E-state index in [1.54, 1.807) is 28.8 Å². The molecule has 1 aromatic heterocycles. The number of hydrogen-bond donors (Lipinski definition) is 0. The molecular formula is C20H15Cl2N3O. The lowest BCUT2D eigenvalue weighted by Crippen LogP contribution is -2.20. The van der Waals surface area contributed by atoms with Crippen LogP contribution in [0.1, 0.15) is 16.8 Å². The highest BCUT2D eigenvalue weighted by molar-refractivity contribution is 6.37. The molecule has 2 heterocycles. The van der Waals surface area contributed by atoms with Gasteiger partial charge in [-0.25, -0.2) is 4.68 Å². The van der Waals surface area contributed by atoms with Crippen LogP contribution in [0, 0.1) is 6.92 Å². The summed E-state index contributed by atoms with van der Waals surface area (Å²) in [7, 11) is 1.77. The molecule has 1 amide bonds. The number of anilines is 1. The predicted octanol–water partition coefficient (Wildman–Crippen LogP) is 5.00. The lowest BCUT2D eigenvalue weighted by atomic mass is 10.0. The molecule has 4 nitrogen and oxygen atoms in total. The molecule has 2 aromatic carbocycles. The Hall–Kier alpha value is -2.56. The zero-order valence-electron chi connectivity index (χ0n) is 14.2. The second-order valence-electron chi connectivity index (χ2n) is 6.12. The number of fused-ring (bicyclic) bond motifs is 1. The van der Waals surface area contributed by atoms with Gasteiger partial charge in [-0.15, -0.1) is 0 Å². The zero-order chi connectivity index (χ0) is 18.4. The third-order valence-corrected chi connectivity index (χ3v) is 5.08. The minimum atomic E-state index is -0.0582. The van der Waals surface area contributed by atoms with Gasteiger partial charge >= 0.3 is 0 Å². The molecule has 0 N–H and O–H groups in total. The molecule has 0 aliphatic carbocycles. The van der Waals surface area contributed by atoms with Gasteiger partial charge in [-0.05, 0) is 37.3 Å². The second kappa shape index (κ2) is 6.31. The fraction of sp³-hybridized carbons (Fsp3) is 0.100. The highest BCUT2D eigenvalue weighted by Crippen LogP contribution is 2.38. The van der Waals surface area contributed by atoms with Crippen molar-refractivity contribution in [1.82, 2.24) is 9.78 Å². The molecule has 0 fully saturated rings. The summed E-state index contributed by atoms with van der Waals surface area (Å²) in [4.78, 5) is 14.3. The van der Waals surface area contributed by atoms with Gasteiger partial charge in [0.15, 0.2) is 0 Å². The fourth-order valence-electron chi connectivity index (χ4n) is 3.14. The van der Waals surface area contributed by atoms with Crippen molar-refractivity contribution >= 4 is 46.4 Å². The van der Waals surface area contributed by atoms with Crippen LogP contribution in [0.5, 0.6) is 0 Å². The molecule has 1 aliphatic heterocycles. The predicted molar refractivity (Wildman–Crippen MR) is 106 cm³/mol. The van der Waals surface area contributed by atoms with Gasteiger partial charge in [-0.2, -0.15) is 5.10 Å². The SMILES string of the molecule is Cc1nn(-c2cccc(Cl)c2)c(Cl)c1C=C1C(=O)N(C)c2ccccc21. The van der Waals surface area contributed by atoms with E-state index < -0.39 is 0 Å². The highest BCUT2D eigenvalue weighted by atomic mass is 35.5. The van der Waals surface area contributed by atoms with Gasteiger partial charge in [0.2, 0.25) is 0 Å². The Morgan fingerprint density at radius 1 is 1.08 bits per heavy atom. The third kappa shape index (κ3) is 2.62.